The molecule has 7 heteroatoms. The number of nitrogens with one attached hydrogen (secondary N) is 2. The van der Waals surface area contributed by atoms with Gasteiger partial charge in [-0.05, 0) is 44.0 Å². The van der Waals surface area contributed by atoms with Crippen molar-refractivity contribution in [1.29, 1.82) is 0 Å². The van der Waals surface area contributed by atoms with Crippen molar-refractivity contribution in [3.63, 3.8) is 0 Å². The molecule has 2 N–H and O–H groups in total. The van der Waals surface area contributed by atoms with E-state index in [1.165, 1.54) is 0 Å². The molecular formula is C20H20ClN3O3. The third-order valence-electron chi connectivity index (χ3n) is 4.66. The minimum absolute atomic E-state index is 0.371. The number of amides is 4. The summed E-state index contributed by atoms with van der Waals surface area (Å²) in [6.07, 6.45) is 0. The van der Waals surface area contributed by atoms with Crippen molar-refractivity contribution in [2.75, 3.05) is 11.9 Å². The molecule has 0 aromatic heterocycles. The number of aryl methyl sites for hydroxylation is 2. The average molecular weight is 386 g/mol. The fourth-order valence-electron chi connectivity index (χ4n) is 3.09. The summed E-state index contributed by atoms with van der Waals surface area (Å²) < 4.78 is 0. The molecule has 3 rings (SSSR count). The van der Waals surface area contributed by atoms with Gasteiger partial charge in [0, 0.05) is 16.3 Å². The van der Waals surface area contributed by atoms with Gasteiger partial charge < -0.3 is 10.6 Å². The molecule has 0 radical (unpaired) electrons. The number of rotatable bonds is 4. The molecule has 2 aromatic rings. The van der Waals surface area contributed by atoms with Crippen LogP contribution in [0.25, 0.3) is 0 Å². The molecule has 1 aliphatic rings. The Hall–Kier alpha value is -2.86. The topological polar surface area (TPSA) is 78.5 Å². The van der Waals surface area contributed by atoms with Gasteiger partial charge in [0.1, 0.15) is 12.1 Å². The molecule has 1 fully saturated rings. The highest BCUT2D eigenvalue weighted by atomic mass is 35.5. The third-order valence-corrected chi connectivity index (χ3v) is 4.99. The monoisotopic (exact) mass is 385 g/mol. The van der Waals surface area contributed by atoms with E-state index in [9.17, 15) is 14.4 Å². The van der Waals surface area contributed by atoms with Gasteiger partial charge >= 0.3 is 6.03 Å². The second-order valence-electron chi connectivity index (χ2n) is 6.79. The van der Waals surface area contributed by atoms with Crippen LogP contribution in [0.15, 0.2) is 42.5 Å². The number of carbonyl (C=O) groups excluding carboxylic acids is 3. The highest BCUT2D eigenvalue weighted by molar-refractivity contribution is 6.32. The summed E-state index contributed by atoms with van der Waals surface area (Å²) in [6.45, 7) is 4.99. The lowest BCUT2D eigenvalue weighted by atomic mass is 9.92. The first-order valence-corrected chi connectivity index (χ1v) is 8.86. The van der Waals surface area contributed by atoms with Crippen LogP contribution >= 0.6 is 11.6 Å². The molecule has 0 saturated carbocycles. The van der Waals surface area contributed by atoms with Crippen LogP contribution in [-0.2, 0) is 15.1 Å². The molecule has 4 amide bonds. The second kappa shape index (κ2) is 7.04. The number of hydrogen-bond acceptors (Lipinski definition) is 3. The number of benzene rings is 2. The highest BCUT2D eigenvalue weighted by Gasteiger charge is 2.50. The van der Waals surface area contributed by atoms with Crippen molar-refractivity contribution in [3.8, 4) is 0 Å². The zero-order chi connectivity index (χ0) is 19.8. The van der Waals surface area contributed by atoms with Crippen molar-refractivity contribution >= 4 is 35.1 Å². The Labute approximate surface area is 162 Å². The first-order chi connectivity index (χ1) is 12.7. The van der Waals surface area contributed by atoms with Crippen molar-refractivity contribution < 1.29 is 14.4 Å². The molecule has 1 heterocycles. The Balaban J connectivity index is 1.79. The van der Waals surface area contributed by atoms with Gasteiger partial charge in [0.05, 0.1) is 0 Å². The van der Waals surface area contributed by atoms with Gasteiger partial charge in [-0.25, -0.2) is 4.79 Å². The number of nitrogens with zero attached hydrogens (tertiary/aromatic N) is 1. The smallest absolute Gasteiger partial charge is 0.324 e. The van der Waals surface area contributed by atoms with E-state index in [2.05, 4.69) is 10.6 Å². The SMILES string of the molecule is Cc1ccc(C)c(NC(=O)CN2C(=O)N[C@@](C)(c3ccccc3Cl)C2=O)c1. The van der Waals surface area contributed by atoms with Crippen LogP contribution in [-0.4, -0.2) is 29.3 Å². The molecule has 2 aromatic carbocycles. The van der Waals surface area contributed by atoms with E-state index in [0.29, 0.717) is 16.3 Å². The number of halogens is 1. The average Bonchev–Trinajstić information content (AvgIpc) is 2.82. The molecule has 6 nitrogen and oxygen atoms in total. The third kappa shape index (κ3) is 3.53. The van der Waals surface area contributed by atoms with Gasteiger partial charge in [-0.1, -0.05) is 41.9 Å². The van der Waals surface area contributed by atoms with E-state index in [1.54, 1.807) is 31.2 Å². The van der Waals surface area contributed by atoms with Crippen LogP contribution in [0.1, 0.15) is 23.6 Å². The van der Waals surface area contributed by atoms with Gasteiger partial charge in [0.25, 0.3) is 5.91 Å². The number of imide groups is 1. The normalized spacial score (nSPS) is 19.2. The predicted molar refractivity (Wildman–Crippen MR) is 104 cm³/mol. The Bertz CT molecular complexity index is 944. The fourth-order valence-corrected chi connectivity index (χ4v) is 3.42. The molecule has 0 spiro atoms. The van der Waals surface area contributed by atoms with Crippen LogP contribution in [0.2, 0.25) is 5.02 Å². The van der Waals surface area contributed by atoms with E-state index < -0.39 is 23.4 Å². The Morgan fingerprint density at radius 3 is 2.59 bits per heavy atom. The van der Waals surface area contributed by atoms with Crippen molar-refractivity contribution in [2.24, 2.45) is 0 Å². The molecule has 0 aliphatic carbocycles. The lowest BCUT2D eigenvalue weighted by molar-refractivity contribution is -0.133. The van der Waals surface area contributed by atoms with Crippen LogP contribution in [0.4, 0.5) is 10.5 Å². The van der Waals surface area contributed by atoms with Crippen LogP contribution < -0.4 is 10.6 Å². The summed E-state index contributed by atoms with van der Waals surface area (Å²) in [4.78, 5) is 38.6. The molecule has 1 atom stereocenters. The maximum absolute atomic E-state index is 12.9. The molecule has 0 unspecified atom stereocenters. The molecule has 140 valence electrons. The van der Waals surface area contributed by atoms with Gasteiger partial charge in [-0.2, -0.15) is 0 Å². The Morgan fingerprint density at radius 1 is 1.19 bits per heavy atom. The van der Waals surface area contributed by atoms with Crippen molar-refractivity contribution in [1.82, 2.24) is 10.2 Å². The van der Waals surface area contributed by atoms with E-state index in [1.807, 2.05) is 32.0 Å². The van der Waals surface area contributed by atoms with Gasteiger partial charge in [-0.15, -0.1) is 0 Å². The Morgan fingerprint density at radius 2 is 1.89 bits per heavy atom. The maximum Gasteiger partial charge on any atom is 0.325 e. The molecule has 1 aliphatic heterocycles. The highest BCUT2D eigenvalue weighted by Crippen LogP contribution is 2.33. The minimum atomic E-state index is -1.31. The largest absolute Gasteiger partial charge is 0.325 e. The summed E-state index contributed by atoms with van der Waals surface area (Å²) >= 11 is 6.20. The fraction of sp³-hybridized carbons (Fsp3) is 0.250. The zero-order valence-electron chi connectivity index (χ0n) is 15.3. The lowest BCUT2D eigenvalue weighted by Crippen LogP contribution is -2.42. The van der Waals surface area contributed by atoms with Crippen LogP contribution in [0.5, 0.6) is 0 Å². The molecule has 0 bridgehead atoms. The summed E-state index contributed by atoms with van der Waals surface area (Å²) in [7, 11) is 0. The maximum atomic E-state index is 12.9. The van der Waals surface area contributed by atoms with Crippen molar-refractivity contribution in [3.05, 3.63) is 64.2 Å². The minimum Gasteiger partial charge on any atom is -0.324 e. The summed E-state index contributed by atoms with van der Waals surface area (Å²) in [6, 6.07) is 11.9. The molecule has 27 heavy (non-hydrogen) atoms. The van der Waals surface area contributed by atoms with Gasteiger partial charge in [0.15, 0.2) is 0 Å². The number of anilines is 1. The number of urea groups is 1. The molecule has 1 saturated heterocycles. The Kier molecular flexibility index (Phi) is 4.93. The van der Waals surface area contributed by atoms with Crippen LogP contribution in [0.3, 0.4) is 0 Å². The van der Waals surface area contributed by atoms with Gasteiger partial charge in [-0.3, -0.25) is 14.5 Å². The summed E-state index contributed by atoms with van der Waals surface area (Å²) in [5.74, 6) is -0.965. The zero-order valence-corrected chi connectivity index (χ0v) is 16.1. The number of hydrogen-bond donors (Lipinski definition) is 2. The van der Waals surface area contributed by atoms with E-state index >= 15 is 0 Å². The lowest BCUT2D eigenvalue weighted by Gasteiger charge is -2.23. The van der Waals surface area contributed by atoms with Crippen LogP contribution in [0, 0.1) is 13.8 Å². The summed E-state index contributed by atoms with van der Waals surface area (Å²) in [5, 5.41) is 5.78. The quantitative estimate of drug-likeness (QED) is 0.792. The predicted octanol–water partition coefficient (Wildman–Crippen LogP) is 3.36. The van der Waals surface area contributed by atoms with E-state index in [4.69, 9.17) is 11.6 Å². The van der Waals surface area contributed by atoms with E-state index in [-0.39, 0.29) is 6.54 Å². The first kappa shape index (κ1) is 18.9. The van der Waals surface area contributed by atoms with Gasteiger partial charge in [0.2, 0.25) is 5.91 Å². The standard InChI is InChI=1S/C20H20ClN3O3/c1-12-8-9-13(2)16(10-12)22-17(25)11-24-18(26)20(3,23-19(24)27)14-6-4-5-7-15(14)21/h4-10H,11H2,1-3H3,(H,22,25)(H,23,27)/t20-/m0/s1. The van der Waals surface area contributed by atoms with E-state index in [0.717, 1.165) is 16.0 Å². The first-order valence-electron chi connectivity index (χ1n) is 8.48. The second-order valence-corrected chi connectivity index (χ2v) is 7.20. The number of carbonyl (C=O) groups is 3. The summed E-state index contributed by atoms with van der Waals surface area (Å²) in [5.41, 5.74) is 1.72. The van der Waals surface area contributed by atoms with Crippen molar-refractivity contribution in [2.45, 2.75) is 26.3 Å². The molecular weight excluding hydrogens is 366 g/mol.